The van der Waals surface area contributed by atoms with Crippen LogP contribution in [0.1, 0.15) is 40.5 Å². The zero-order chi connectivity index (χ0) is 11.8. The van der Waals surface area contributed by atoms with E-state index in [9.17, 15) is 0 Å². The minimum absolute atomic E-state index is 0.543. The molecule has 88 valence electrons. The second-order valence-electron chi connectivity index (χ2n) is 4.72. The first-order valence-electron chi connectivity index (χ1n) is 5.46. The number of rotatable bonds is 6. The molecular formula is C12H24N2O. The minimum atomic E-state index is 0.543. The highest BCUT2D eigenvalue weighted by Crippen LogP contribution is 2.07. The van der Waals surface area contributed by atoms with Crippen LogP contribution in [0, 0.1) is 11.8 Å². The fraction of sp³-hybridized carbons (Fsp3) is 0.667. The maximum atomic E-state index is 5.73. The zero-order valence-electron chi connectivity index (χ0n) is 10.3. The van der Waals surface area contributed by atoms with Gasteiger partial charge in [-0.05, 0) is 24.7 Å². The highest BCUT2D eigenvalue weighted by Gasteiger charge is 1.97. The molecule has 0 atom stereocenters. The number of allylic oxidation sites excluding steroid dienone is 2. The molecule has 0 aromatic rings. The molecule has 0 heterocycles. The van der Waals surface area contributed by atoms with Crippen molar-refractivity contribution in [3.8, 4) is 0 Å². The molecule has 0 unspecified atom stereocenters. The van der Waals surface area contributed by atoms with Gasteiger partial charge in [-0.3, -0.25) is 0 Å². The first-order valence-corrected chi connectivity index (χ1v) is 5.46. The number of hydrogen-bond acceptors (Lipinski definition) is 3. The lowest BCUT2D eigenvalue weighted by atomic mass is 10.1. The van der Waals surface area contributed by atoms with Crippen LogP contribution in [0.4, 0.5) is 0 Å². The Morgan fingerprint density at radius 3 is 1.53 bits per heavy atom. The van der Waals surface area contributed by atoms with Crippen LogP contribution >= 0.6 is 0 Å². The molecule has 0 fully saturated rings. The van der Waals surface area contributed by atoms with Crippen LogP contribution in [-0.2, 0) is 4.74 Å². The molecule has 0 bridgehead atoms. The Kier molecular flexibility index (Phi) is 6.67. The Bertz CT molecular complexity index is 206. The summed E-state index contributed by atoms with van der Waals surface area (Å²) in [5, 5.41) is 0. The van der Waals surface area contributed by atoms with Crippen LogP contribution in [0.25, 0.3) is 0 Å². The van der Waals surface area contributed by atoms with Crippen LogP contribution in [-0.4, -0.2) is 0 Å². The van der Waals surface area contributed by atoms with Crippen molar-refractivity contribution in [2.75, 3.05) is 0 Å². The molecule has 0 aliphatic carbocycles. The van der Waals surface area contributed by atoms with E-state index in [1.54, 1.807) is 12.5 Å². The molecule has 0 aliphatic heterocycles. The molecule has 0 spiro atoms. The van der Waals surface area contributed by atoms with Crippen LogP contribution < -0.4 is 11.5 Å². The van der Waals surface area contributed by atoms with E-state index in [0.717, 1.165) is 24.2 Å². The maximum Gasteiger partial charge on any atom is 0.109 e. The third kappa shape index (κ3) is 9.19. The maximum absolute atomic E-state index is 5.73. The lowest BCUT2D eigenvalue weighted by Gasteiger charge is -2.05. The van der Waals surface area contributed by atoms with Crippen LogP contribution in [0.3, 0.4) is 0 Å². The van der Waals surface area contributed by atoms with Gasteiger partial charge in [-0.2, -0.15) is 0 Å². The molecule has 0 amide bonds. The largest absolute Gasteiger partial charge is 0.469 e. The molecule has 0 radical (unpaired) electrons. The minimum Gasteiger partial charge on any atom is -0.469 e. The Labute approximate surface area is 93.2 Å². The van der Waals surface area contributed by atoms with E-state index in [-0.39, 0.29) is 0 Å². The van der Waals surface area contributed by atoms with E-state index in [4.69, 9.17) is 16.2 Å². The second kappa shape index (κ2) is 7.21. The van der Waals surface area contributed by atoms with Crippen molar-refractivity contribution in [2.24, 2.45) is 23.3 Å². The summed E-state index contributed by atoms with van der Waals surface area (Å²) in [5.74, 6) is 1.09. The molecule has 0 aliphatic rings. The van der Waals surface area contributed by atoms with Gasteiger partial charge in [0.1, 0.15) is 12.5 Å². The fourth-order valence-electron chi connectivity index (χ4n) is 1.25. The van der Waals surface area contributed by atoms with E-state index in [2.05, 4.69) is 27.7 Å². The third-order valence-electron chi connectivity index (χ3n) is 1.73. The molecule has 4 N–H and O–H groups in total. The first-order chi connectivity index (χ1) is 6.91. The predicted molar refractivity (Wildman–Crippen MR) is 64.5 cm³/mol. The summed E-state index contributed by atoms with van der Waals surface area (Å²) < 4.78 is 5.18. The summed E-state index contributed by atoms with van der Waals surface area (Å²) in [7, 11) is 0. The number of ether oxygens (including phenoxy) is 1. The Balaban J connectivity index is 3.94. The normalized spacial score (nSPS) is 13.7. The summed E-state index contributed by atoms with van der Waals surface area (Å²) >= 11 is 0. The molecule has 15 heavy (non-hydrogen) atoms. The van der Waals surface area contributed by atoms with Crippen molar-refractivity contribution >= 4 is 0 Å². The van der Waals surface area contributed by atoms with Gasteiger partial charge in [0, 0.05) is 11.4 Å². The average molecular weight is 212 g/mol. The lowest BCUT2D eigenvalue weighted by molar-refractivity contribution is 0.383. The predicted octanol–water partition coefficient (Wildman–Crippen LogP) is 2.70. The van der Waals surface area contributed by atoms with Gasteiger partial charge in [0.05, 0.1) is 0 Å². The van der Waals surface area contributed by atoms with Gasteiger partial charge in [0.15, 0.2) is 0 Å². The quantitative estimate of drug-likeness (QED) is 0.665. The molecule has 0 saturated carbocycles. The van der Waals surface area contributed by atoms with Gasteiger partial charge >= 0.3 is 0 Å². The summed E-state index contributed by atoms with van der Waals surface area (Å²) in [6.07, 6.45) is 4.82. The Morgan fingerprint density at radius 2 is 1.27 bits per heavy atom. The van der Waals surface area contributed by atoms with E-state index < -0.39 is 0 Å². The van der Waals surface area contributed by atoms with E-state index in [1.165, 1.54) is 0 Å². The fourth-order valence-corrected chi connectivity index (χ4v) is 1.25. The molecule has 3 nitrogen and oxygen atoms in total. The summed E-state index contributed by atoms with van der Waals surface area (Å²) in [4.78, 5) is 0. The van der Waals surface area contributed by atoms with E-state index in [0.29, 0.717) is 11.8 Å². The summed E-state index contributed by atoms with van der Waals surface area (Å²) in [5.41, 5.74) is 13.0. The van der Waals surface area contributed by atoms with Gasteiger partial charge in [-0.25, -0.2) is 0 Å². The monoisotopic (exact) mass is 212 g/mol. The van der Waals surface area contributed by atoms with Crippen molar-refractivity contribution in [1.82, 2.24) is 0 Å². The number of hydrogen-bond donors (Lipinski definition) is 2. The molecule has 0 aromatic heterocycles. The summed E-state index contributed by atoms with van der Waals surface area (Å²) in [6, 6.07) is 0. The molecule has 0 aromatic carbocycles. The number of nitrogens with two attached hydrogens (primary N) is 2. The van der Waals surface area contributed by atoms with E-state index in [1.807, 2.05) is 0 Å². The van der Waals surface area contributed by atoms with Crippen LogP contribution in [0.2, 0.25) is 0 Å². The SMILES string of the molecule is CC(C)CC(N)=COC=C(N)CC(C)C. The van der Waals surface area contributed by atoms with E-state index >= 15 is 0 Å². The molecule has 0 saturated heterocycles. The van der Waals surface area contributed by atoms with Crippen molar-refractivity contribution in [2.45, 2.75) is 40.5 Å². The highest BCUT2D eigenvalue weighted by molar-refractivity contribution is 4.97. The lowest BCUT2D eigenvalue weighted by Crippen LogP contribution is -2.03. The topological polar surface area (TPSA) is 61.3 Å². The van der Waals surface area contributed by atoms with Crippen molar-refractivity contribution in [3.63, 3.8) is 0 Å². The second-order valence-corrected chi connectivity index (χ2v) is 4.72. The van der Waals surface area contributed by atoms with Gasteiger partial charge < -0.3 is 16.2 Å². The standard InChI is InChI=1S/C12H24N2O/c1-9(2)5-11(13)7-15-8-12(14)6-10(3)4/h7-10H,5-6,13-14H2,1-4H3. The van der Waals surface area contributed by atoms with Gasteiger partial charge in [0.25, 0.3) is 0 Å². The molecule has 3 heteroatoms. The van der Waals surface area contributed by atoms with Gasteiger partial charge in [-0.15, -0.1) is 0 Å². The first kappa shape index (κ1) is 13.9. The zero-order valence-corrected chi connectivity index (χ0v) is 10.3. The Hall–Kier alpha value is -1.12. The third-order valence-corrected chi connectivity index (χ3v) is 1.73. The summed E-state index contributed by atoms with van der Waals surface area (Å²) in [6.45, 7) is 8.46. The smallest absolute Gasteiger partial charge is 0.109 e. The average Bonchev–Trinajstić information content (AvgIpc) is 2.00. The molecule has 0 rings (SSSR count). The van der Waals surface area contributed by atoms with Gasteiger partial charge in [0.2, 0.25) is 0 Å². The van der Waals surface area contributed by atoms with Crippen LogP contribution in [0.5, 0.6) is 0 Å². The van der Waals surface area contributed by atoms with Crippen molar-refractivity contribution < 1.29 is 4.74 Å². The Morgan fingerprint density at radius 1 is 0.933 bits per heavy atom. The van der Waals surface area contributed by atoms with Crippen LogP contribution in [0.15, 0.2) is 23.9 Å². The van der Waals surface area contributed by atoms with Crippen molar-refractivity contribution in [3.05, 3.63) is 23.9 Å². The van der Waals surface area contributed by atoms with Gasteiger partial charge in [-0.1, -0.05) is 27.7 Å². The van der Waals surface area contributed by atoms with Crippen molar-refractivity contribution in [1.29, 1.82) is 0 Å². The molecular weight excluding hydrogens is 188 g/mol. The highest BCUT2D eigenvalue weighted by atomic mass is 16.5.